The molecule has 1 saturated heterocycles. The summed E-state index contributed by atoms with van der Waals surface area (Å²) in [5, 5.41) is 2.53. The van der Waals surface area contributed by atoms with Gasteiger partial charge in [0.15, 0.2) is 6.61 Å². The predicted molar refractivity (Wildman–Crippen MR) is 125 cm³/mol. The number of nitrogens with one attached hydrogen (secondary N) is 1. The van der Waals surface area contributed by atoms with Crippen molar-refractivity contribution in [2.24, 2.45) is 0 Å². The summed E-state index contributed by atoms with van der Waals surface area (Å²) in [7, 11) is 4.92. The summed E-state index contributed by atoms with van der Waals surface area (Å²) in [6.45, 7) is 2.97. The topological polar surface area (TPSA) is 128 Å². The Kier molecular flexibility index (Phi) is 7.80. The van der Waals surface area contributed by atoms with E-state index in [1.165, 1.54) is 25.3 Å². The average molecular weight is 485 g/mol. The zero-order valence-electron chi connectivity index (χ0n) is 20.1. The molecule has 3 rings (SSSR count). The first kappa shape index (κ1) is 25.3. The van der Waals surface area contributed by atoms with Crippen LogP contribution in [0.4, 0.5) is 10.5 Å². The number of carbonyl (C=O) groups is 4. The van der Waals surface area contributed by atoms with E-state index in [9.17, 15) is 19.2 Å². The van der Waals surface area contributed by atoms with Gasteiger partial charge < -0.3 is 28.8 Å². The number of hydrogen-bond acceptors (Lipinski definition) is 9. The third-order valence-electron chi connectivity index (χ3n) is 4.85. The van der Waals surface area contributed by atoms with Gasteiger partial charge in [-0.25, -0.2) is 14.4 Å². The van der Waals surface area contributed by atoms with Crippen LogP contribution in [0.5, 0.6) is 5.75 Å². The van der Waals surface area contributed by atoms with E-state index in [4.69, 9.17) is 13.9 Å². The highest BCUT2D eigenvalue weighted by Gasteiger charge is 2.34. The Bertz CT molecular complexity index is 1170. The number of benzene rings is 1. The van der Waals surface area contributed by atoms with Crippen LogP contribution in [0.15, 0.2) is 40.4 Å². The number of imide groups is 1. The number of anilines is 1. The number of hydrogen-bond donors (Lipinski definition) is 1. The number of rotatable bonds is 9. The third-order valence-corrected chi connectivity index (χ3v) is 4.85. The minimum atomic E-state index is -0.667. The second kappa shape index (κ2) is 10.8. The van der Waals surface area contributed by atoms with Crippen LogP contribution in [0.2, 0.25) is 0 Å². The minimum absolute atomic E-state index is 0.0157. The molecule has 0 atom stereocenters. The van der Waals surface area contributed by atoms with Gasteiger partial charge in [-0.3, -0.25) is 9.69 Å². The van der Waals surface area contributed by atoms with Gasteiger partial charge in [0.2, 0.25) is 5.76 Å². The highest BCUT2D eigenvalue weighted by Crippen LogP contribution is 2.28. The monoisotopic (exact) mass is 485 g/mol. The molecule has 1 aromatic carbocycles. The van der Waals surface area contributed by atoms with Gasteiger partial charge in [-0.1, -0.05) is 0 Å². The lowest BCUT2D eigenvalue weighted by Gasteiger charge is -2.16. The van der Waals surface area contributed by atoms with Crippen molar-refractivity contribution in [3.8, 4) is 5.75 Å². The van der Waals surface area contributed by atoms with Crippen LogP contribution in [0, 0.1) is 0 Å². The second-order valence-electron chi connectivity index (χ2n) is 8.08. The molecule has 3 amide bonds. The Hall–Kier alpha value is -4.28. The van der Waals surface area contributed by atoms with Gasteiger partial charge in [-0.05, 0) is 44.2 Å². The van der Waals surface area contributed by atoms with Crippen LogP contribution < -0.4 is 15.0 Å². The zero-order chi connectivity index (χ0) is 25.7. The van der Waals surface area contributed by atoms with E-state index in [1.54, 1.807) is 26.0 Å². The summed E-state index contributed by atoms with van der Waals surface area (Å²) in [6, 6.07) is 7.47. The van der Waals surface area contributed by atoms with E-state index < -0.39 is 23.9 Å². The summed E-state index contributed by atoms with van der Waals surface area (Å²) < 4.78 is 20.7. The molecule has 1 aliphatic rings. The Morgan fingerprint density at radius 3 is 2.57 bits per heavy atom. The molecule has 0 aliphatic carbocycles. The maximum Gasteiger partial charge on any atom is 0.373 e. The summed E-state index contributed by atoms with van der Waals surface area (Å²) in [5.74, 6) is -1.26. The number of carbonyl (C=O) groups excluding carboxylic acids is 4. The van der Waals surface area contributed by atoms with Gasteiger partial charge in [0, 0.05) is 31.4 Å². The van der Waals surface area contributed by atoms with Crippen LogP contribution in [-0.2, 0) is 25.6 Å². The van der Waals surface area contributed by atoms with Crippen molar-refractivity contribution in [2.45, 2.75) is 26.5 Å². The van der Waals surface area contributed by atoms with Crippen molar-refractivity contribution < 1.29 is 37.8 Å². The Morgan fingerprint density at radius 2 is 1.91 bits per heavy atom. The molecular formula is C24H27N3O8. The molecule has 1 fully saturated rings. The summed E-state index contributed by atoms with van der Waals surface area (Å²) >= 11 is 0. The number of esters is 2. The average Bonchev–Trinajstić information content (AvgIpc) is 3.37. The Labute approximate surface area is 202 Å². The standard InChI is InChI=1S/C24H27N3O8/c1-14(2)34-21(28)13-33-20-11-16(26(3)4)7-6-15(20)10-18-22(29)27(24(31)25-18)12-17-8-9-19(35-17)23(30)32-5/h6-11,14H,12-13H2,1-5H3,(H,25,31). The molecule has 0 spiro atoms. The van der Waals surface area contributed by atoms with Gasteiger partial charge >= 0.3 is 18.0 Å². The third kappa shape index (κ3) is 6.19. The van der Waals surface area contributed by atoms with E-state index in [2.05, 4.69) is 10.1 Å². The largest absolute Gasteiger partial charge is 0.481 e. The maximum absolute atomic E-state index is 12.9. The molecule has 0 bridgehead atoms. The SMILES string of the molecule is COC(=O)c1ccc(CN2C(=O)NC(=Cc3ccc(N(C)C)cc3OCC(=O)OC(C)C)C2=O)o1. The van der Waals surface area contributed by atoms with Crippen molar-refractivity contribution in [1.29, 1.82) is 0 Å². The quantitative estimate of drug-likeness (QED) is 0.324. The van der Waals surface area contributed by atoms with E-state index in [1.807, 2.05) is 25.1 Å². The van der Waals surface area contributed by atoms with Crippen molar-refractivity contribution in [3.63, 3.8) is 0 Å². The van der Waals surface area contributed by atoms with Gasteiger partial charge in [0.05, 0.1) is 19.8 Å². The van der Waals surface area contributed by atoms with E-state index in [0.717, 1.165) is 10.6 Å². The van der Waals surface area contributed by atoms with Crippen molar-refractivity contribution >= 4 is 35.6 Å². The summed E-state index contributed by atoms with van der Waals surface area (Å²) in [5.41, 5.74) is 1.30. The number of ether oxygens (including phenoxy) is 3. The normalized spacial score (nSPS) is 14.3. The van der Waals surface area contributed by atoms with Crippen LogP contribution in [-0.4, -0.2) is 62.7 Å². The summed E-state index contributed by atoms with van der Waals surface area (Å²) in [6.07, 6.45) is 1.18. The van der Waals surface area contributed by atoms with Gasteiger partial charge in [-0.15, -0.1) is 0 Å². The van der Waals surface area contributed by atoms with Gasteiger partial charge in [0.1, 0.15) is 17.2 Å². The number of urea groups is 1. The molecule has 2 aromatic rings. The Morgan fingerprint density at radius 1 is 1.17 bits per heavy atom. The van der Waals surface area contributed by atoms with Crippen molar-refractivity contribution in [2.75, 3.05) is 32.7 Å². The predicted octanol–water partition coefficient (Wildman–Crippen LogP) is 2.56. The molecule has 35 heavy (non-hydrogen) atoms. The van der Waals surface area contributed by atoms with Crippen molar-refractivity contribution in [1.82, 2.24) is 10.2 Å². The molecule has 2 heterocycles. The number of amides is 3. The molecule has 1 N–H and O–H groups in total. The molecule has 186 valence electrons. The fraction of sp³-hybridized carbons (Fsp3) is 0.333. The molecular weight excluding hydrogens is 458 g/mol. The smallest absolute Gasteiger partial charge is 0.373 e. The first-order chi connectivity index (χ1) is 16.6. The summed E-state index contributed by atoms with van der Waals surface area (Å²) in [4.78, 5) is 51.7. The molecule has 0 unspecified atom stereocenters. The van der Waals surface area contributed by atoms with Crippen molar-refractivity contribution in [3.05, 3.63) is 53.1 Å². The number of nitrogens with zero attached hydrogens (tertiary/aromatic N) is 2. The first-order valence-corrected chi connectivity index (χ1v) is 10.7. The van der Waals surface area contributed by atoms with Crippen LogP contribution in [0.25, 0.3) is 6.08 Å². The number of methoxy groups -OCH3 is 1. The van der Waals surface area contributed by atoms with Crippen LogP contribution >= 0.6 is 0 Å². The molecule has 1 aliphatic heterocycles. The molecule has 1 aromatic heterocycles. The fourth-order valence-corrected chi connectivity index (χ4v) is 3.18. The zero-order valence-corrected chi connectivity index (χ0v) is 20.1. The minimum Gasteiger partial charge on any atom is -0.481 e. The van der Waals surface area contributed by atoms with E-state index in [0.29, 0.717) is 11.3 Å². The van der Waals surface area contributed by atoms with E-state index >= 15 is 0 Å². The first-order valence-electron chi connectivity index (χ1n) is 10.7. The lowest BCUT2D eigenvalue weighted by atomic mass is 10.1. The maximum atomic E-state index is 12.9. The van der Waals surface area contributed by atoms with E-state index in [-0.39, 0.29) is 36.5 Å². The molecule has 0 saturated carbocycles. The second-order valence-corrected chi connectivity index (χ2v) is 8.08. The fourth-order valence-electron chi connectivity index (χ4n) is 3.18. The highest BCUT2D eigenvalue weighted by atomic mass is 16.6. The molecule has 11 heteroatoms. The van der Waals surface area contributed by atoms with Gasteiger partial charge in [0.25, 0.3) is 5.91 Å². The van der Waals surface area contributed by atoms with Crippen LogP contribution in [0.1, 0.15) is 35.7 Å². The van der Waals surface area contributed by atoms with Gasteiger partial charge in [-0.2, -0.15) is 0 Å². The van der Waals surface area contributed by atoms with Crippen LogP contribution in [0.3, 0.4) is 0 Å². The Balaban J connectivity index is 1.81. The lowest BCUT2D eigenvalue weighted by Crippen LogP contribution is -2.30. The molecule has 11 nitrogen and oxygen atoms in total. The lowest BCUT2D eigenvalue weighted by molar-refractivity contribution is -0.149. The molecule has 0 radical (unpaired) electrons. The highest BCUT2D eigenvalue weighted by molar-refractivity contribution is 6.14. The number of furan rings is 1.